The van der Waals surface area contributed by atoms with E-state index in [1.165, 1.54) is 83.5 Å². The normalized spacial score (nSPS) is 15.9. The van der Waals surface area contributed by atoms with Crippen LogP contribution in [0.4, 0.5) is 0 Å². The molecule has 3 nitrogen and oxygen atoms in total. The lowest BCUT2D eigenvalue weighted by Gasteiger charge is -2.09. The number of benzene rings is 2. The monoisotopic (exact) mass is 506 g/mol. The Hall–Kier alpha value is -2.29. The molecule has 0 amide bonds. The average Bonchev–Trinajstić information content (AvgIpc) is 3.55. The van der Waals surface area contributed by atoms with Gasteiger partial charge >= 0.3 is 5.97 Å². The molecule has 3 rings (SSSR count). The van der Waals surface area contributed by atoms with Gasteiger partial charge in [0.05, 0.1) is 12.5 Å². The molecule has 0 N–H and O–H groups in total. The summed E-state index contributed by atoms with van der Waals surface area (Å²) < 4.78 is 11.5. The van der Waals surface area contributed by atoms with Gasteiger partial charge in [-0.05, 0) is 53.6 Å². The first-order chi connectivity index (χ1) is 18.0. The molecule has 0 spiro atoms. The molecule has 1 saturated carbocycles. The molecule has 2 aromatic rings. The van der Waals surface area contributed by atoms with Crippen LogP contribution in [0.1, 0.15) is 117 Å². The minimum Gasteiger partial charge on any atom is -0.494 e. The van der Waals surface area contributed by atoms with Crippen LogP contribution < -0.4 is 9.47 Å². The molecule has 3 heteroatoms. The molecule has 1 aliphatic rings. The van der Waals surface area contributed by atoms with Crippen molar-refractivity contribution in [2.24, 2.45) is 11.3 Å². The van der Waals surface area contributed by atoms with Crippen molar-refractivity contribution in [2.75, 3.05) is 6.61 Å². The summed E-state index contributed by atoms with van der Waals surface area (Å²) in [6.45, 7) is 7.28. The molecule has 1 aliphatic carbocycles. The van der Waals surface area contributed by atoms with Crippen LogP contribution in [-0.2, 0) is 4.79 Å². The molecule has 37 heavy (non-hydrogen) atoms. The van der Waals surface area contributed by atoms with E-state index in [-0.39, 0.29) is 17.3 Å². The molecule has 0 saturated heterocycles. The van der Waals surface area contributed by atoms with E-state index in [0.29, 0.717) is 5.75 Å². The van der Waals surface area contributed by atoms with Crippen molar-refractivity contribution in [3.05, 3.63) is 48.5 Å². The van der Waals surface area contributed by atoms with E-state index in [4.69, 9.17) is 9.47 Å². The van der Waals surface area contributed by atoms with Gasteiger partial charge in [0, 0.05) is 0 Å². The number of carbonyl (C=O) groups excluding carboxylic acids is 1. The smallest absolute Gasteiger partial charge is 0.314 e. The summed E-state index contributed by atoms with van der Waals surface area (Å²) in [4.78, 5) is 12.2. The van der Waals surface area contributed by atoms with Gasteiger partial charge in [-0.25, -0.2) is 0 Å². The van der Waals surface area contributed by atoms with Gasteiger partial charge in [-0.2, -0.15) is 0 Å². The lowest BCUT2D eigenvalue weighted by atomic mass is 10.0. The number of ether oxygens (including phenoxy) is 2. The summed E-state index contributed by atoms with van der Waals surface area (Å²) in [7, 11) is 0. The molecule has 0 aromatic heterocycles. The lowest BCUT2D eigenvalue weighted by molar-refractivity contribution is -0.136. The van der Waals surface area contributed by atoms with E-state index in [0.717, 1.165) is 36.3 Å². The second-order valence-electron chi connectivity index (χ2n) is 11.7. The molecular weight excluding hydrogens is 456 g/mol. The highest BCUT2D eigenvalue weighted by Crippen LogP contribution is 2.52. The van der Waals surface area contributed by atoms with Gasteiger partial charge in [0.15, 0.2) is 0 Å². The van der Waals surface area contributed by atoms with Crippen LogP contribution >= 0.6 is 0 Å². The number of carbonyl (C=O) groups is 1. The highest BCUT2D eigenvalue weighted by molar-refractivity contribution is 5.79. The van der Waals surface area contributed by atoms with Crippen LogP contribution in [0.2, 0.25) is 0 Å². The molecule has 0 heterocycles. The Balaban J connectivity index is 1.21. The molecule has 204 valence electrons. The van der Waals surface area contributed by atoms with Gasteiger partial charge in [0.2, 0.25) is 0 Å². The fourth-order valence-electron chi connectivity index (χ4n) is 5.00. The highest BCUT2D eigenvalue weighted by Gasteiger charge is 2.51. The zero-order chi connectivity index (χ0) is 26.3. The highest BCUT2D eigenvalue weighted by atomic mass is 16.5. The van der Waals surface area contributed by atoms with Crippen molar-refractivity contribution in [1.82, 2.24) is 0 Å². The van der Waals surface area contributed by atoms with Crippen LogP contribution in [0, 0.1) is 11.3 Å². The third-order valence-electron chi connectivity index (χ3n) is 7.82. The molecular formula is C34H50O3. The first-order valence-electron chi connectivity index (χ1n) is 15.0. The maximum atomic E-state index is 12.2. The summed E-state index contributed by atoms with van der Waals surface area (Å²) in [6, 6.07) is 16.0. The molecule has 1 fully saturated rings. The molecule has 0 radical (unpaired) electrons. The Morgan fingerprint density at radius 2 is 1.08 bits per heavy atom. The van der Waals surface area contributed by atoms with Crippen molar-refractivity contribution in [3.8, 4) is 22.6 Å². The molecule has 1 atom stereocenters. The van der Waals surface area contributed by atoms with Gasteiger partial charge in [0.25, 0.3) is 0 Å². The average molecular weight is 507 g/mol. The summed E-state index contributed by atoms with van der Waals surface area (Å²) in [5.41, 5.74) is 2.32. The predicted molar refractivity (Wildman–Crippen MR) is 155 cm³/mol. The molecule has 2 aromatic carbocycles. The van der Waals surface area contributed by atoms with Crippen molar-refractivity contribution in [1.29, 1.82) is 0 Å². The Morgan fingerprint density at radius 1 is 0.676 bits per heavy atom. The van der Waals surface area contributed by atoms with Gasteiger partial charge in [0.1, 0.15) is 11.5 Å². The quantitative estimate of drug-likeness (QED) is 0.108. The maximum Gasteiger partial charge on any atom is 0.314 e. The van der Waals surface area contributed by atoms with Crippen LogP contribution in [0.3, 0.4) is 0 Å². The van der Waals surface area contributed by atoms with Crippen LogP contribution in [0.15, 0.2) is 48.5 Å². The third-order valence-corrected chi connectivity index (χ3v) is 7.82. The first kappa shape index (κ1) is 29.3. The number of rotatable bonds is 19. The van der Waals surface area contributed by atoms with Crippen molar-refractivity contribution >= 4 is 5.97 Å². The van der Waals surface area contributed by atoms with Crippen molar-refractivity contribution in [2.45, 2.75) is 117 Å². The zero-order valence-corrected chi connectivity index (χ0v) is 23.7. The van der Waals surface area contributed by atoms with E-state index in [2.05, 4.69) is 32.9 Å². The number of unbranched alkanes of at least 4 members (excludes halogenated alkanes) is 13. The topological polar surface area (TPSA) is 35.5 Å². The van der Waals surface area contributed by atoms with E-state index in [9.17, 15) is 4.79 Å². The Labute approximate surface area is 226 Å². The second-order valence-corrected chi connectivity index (χ2v) is 11.7. The number of esters is 1. The fraction of sp³-hybridized carbons (Fsp3) is 0.618. The number of hydrogen-bond acceptors (Lipinski definition) is 3. The summed E-state index contributed by atoms with van der Waals surface area (Å²) in [5.74, 6) is 1.46. The standard InChI is InChI=1S/C34H50O3/c1-4-5-6-7-8-9-10-11-12-13-14-15-16-17-26-36-30-22-18-28(19-23-30)29-20-24-31(25-21-29)37-33(35)32-27-34(32,2)3/h18-25,32H,4-17,26-27H2,1-3H3/t32-/m1/s1. The Morgan fingerprint density at radius 3 is 1.51 bits per heavy atom. The minimum absolute atomic E-state index is 0.0317. The second kappa shape index (κ2) is 15.8. The SMILES string of the molecule is CCCCCCCCCCCCCCCCOc1ccc(-c2ccc(OC(=O)[C@H]3CC3(C)C)cc2)cc1. The molecule has 0 bridgehead atoms. The predicted octanol–water partition coefficient (Wildman–Crippen LogP) is 10.2. The van der Waals surface area contributed by atoms with Crippen LogP contribution in [0.25, 0.3) is 11.1 Å². The first-order valence-corrected chi connectivity index (χ1v) is 15.0. The largest absolute Gasteiger partial charge is 0.494 e. The van der Waals surface area contributed by atoms with Gasteiger partial charge in [-0.1, -0.05) is 129 Å². The van der Waals surface area contributed by atoms with E-state index in [1.807, 2.05) is 36.4 Å². The Kier molecular flexibility index (Phi) is 12.5. The van der Waals surface area contributed by atoms with E-state index < -0.39 is 0 Å². The summed E-state index contributed by atoms with van der Waals surface area (Å²) in [5, 5.41) is 0. The maximum absolute atomic E-state index is 12.2. The lowest BCUT2D eigenvalue weighted by Crippen LogP contribution is -2.13. The van der Waals surface area contributed by atoms with Crippen molar-refractivity contribution < 1.29 is 14.3 Å². The third kappa shape index (κ3) is 10.9. The molecule has 0 aliphatic heterocycles. The zero-order valence-electron chi connectivity index (χ0n) is 23.7. The Bertz CT molecular complexity index is 898. The van der Waals surface area contributed by atoms with Gasteiger partial charge in [-0.15, -0.1) is 0 Å². The fourth-order valence-corrected chi connectivity index (χ4v) is 5.00. The summed E-state index contributed by atoms with van der Waals surface area (Å²) >= 11 is 0. The molecule has 0 unspecified atom stereocenters. The van der Waals surface area contributed by atoms with Crippen LogP contribution in [0.5, 0.6) is 11.5 Å². The number of hydrogen-bond donors (Lipinski definition) is 0. The van der Waals surface area contributed by atoms with Gasteiger partial charge in [-0.3, -0.25) is 4.79 Å². The van der Waals surface area contributed by atoms with Gasteiger partial charge < -0.3 is 9.47 Å². The van der Waals surface area contributed by atoms with Crippen molar-refractivity contribution in [3.63, 3.8) is 0 Å². The summed E-state index contributed by atoms with van der Waals surface area (Å²) in [6.07, 6.45) is 20.1. The minimum atomic E-state index is -0.113. The van der Waals surface area contributed by atoms with E-state index >= 15 is 0 Å². The van der Waals surface area contributed by atoms with Crippen LogP contribution in [-0.4, -0.2) is 12.6 Å². The van der Waals surface area contributed by atoms with E-state index in [1.54, 1.807) is 0 Å².